The van der Waals surface area contributed by atoms with Crippen molar-refractivity contribution >= 4 is 17.5 Å². The molecule has 3 aromatic rings. The van der Waals surface area contributed by atoms with Crippen molar-refractivity contribution in [3.63, 3.8) is 0 Å². The molecule has 34 heavy (non-hydrogen) atoms. The van der Waals surface area contributed by atoms with Gasteiger partial charge in [-0.2, -0.15) is 4.98 Å². The molecule has 1 N–H and O–H groups in total. The summed E-state index contributed by atoms with van der Waals surface area (Å²) in [6.07, 6.45) is 3.50. The van der Waals surface area contributed by atoms with Crippen LogP contribution in [0.5, 0.6) is 0 Å². The Bertz CT molecular complexity index is 1130. The minimum Gasteiger partial charge on any atom is -0.368 e. The van der Waals surface area contributed by atoms with Crippen LogP contribution >= 0.6 is 0 Å². The molecule has 8 nitrogen and oxygen atoms in total. The molecule has 0 radical (unpaired) electrons. The zero-order valence-electron chi connectivity index (χ0n) is 19.3. The second-order valence-electron chi connectivity index (χ2n) is 9.00. The third-order valence-corrected chi connectivity index (χ3v) is 6.73. The number of piperazine rings is 1. The monoisotopic (exact) mass is 459 g/mol. The number of benzene rings is 2. The van der Waals surface area contributed by atoms with Gasteiger partial charge in [-0.15, -0.1) is 0 Å². The maximum atomic E-state index is 12.9. The summed E-state index contributed by atoms with van der Waals surface area (Å²) in [5.74, 6) is 1.52. The van der Waals surface area contributed by atoms with E-state index in [1.807, 2.05) is 35.2 Å². The molecule has 2 aliphatic rings. The van der Waals surface area contributed by atoms with Crippen LogP contribution in [0, 0.1) is 0 Å². The number of carbonyl (C=O) groups is 2. The van der Waals surface area contributed by atoms with Gasteiger partial charge in [-0.1, -0.05) is 29.8 Å². The van der Waals surface area contributed by atoms with E-state index >= 15 is 0 Å². The number of carbonyl (C=O) groups excluding carboxylic acids is 2. The van der Waals surface area contributed by atoms with E-state index in [1.165, 1.54) is 6.42 Å². The summed E-state index contributed by atoms with van der Waals surface area (Å²) >= 11 is 0. The molecular formula is C26H29N5O3. The van der Waals surface area contributed by atoms with Crippen molar-refractivity contribution < 1.29 is 14.1 Å². The highest BCUT2D eigenvalue weighted by Gasteiger charge is 2.27. The second kappa shape index (κ2) is 9.67. The molecule has 1 aliphatic carbocycles. The quantitative estimate of drug-likeness (QED) is 0.607. The Kier molecular flexibility index (Phi) is 6.29. The van der Waals surface area contributed by atoms with E-state index in [-0.39, 0.29) is 11.8 Å². The molecular weight excluding hydrogens is 430 g/mol. The lowest BCUT2D eigenvalue weighted by Crippen LogP contribution is -2.54. The number of rotatable bonds is 6. The van der Waals surface area contributed by atoms with Crippen molar-refractivity contribution in [1.82, 2.24) is 20.4 Å². The molecule has 0 unspecified atom stereocenters. The van der Waals surface area contributed by atoms with Gasteiger partial charge in [0.05, 0.1) is 0 Å². The predicted molar refractivity (Wildman–Crippen MR) is 128 cm³/mol. The van der Waals surface area contributed by atoms with Crippen molar-refractivity contribution in [2.45, 2.75) is 38.1 Å². The number of nitrogens with one attached hydrogen (secondary N) is 1. The van der Waals surface area contributed by atoms with Crippen LogP contribution in [0.15, 0.2) is 59.1 Å². The van der Waals surface area contributed by atoms with Gasteiger partial charge >= 0.3 is 0 Å². The lowest BCUT2D eigenvalue weighted by molar-refractivity contribution is -0.133. The fourth-order valence-corrected chi connectivity index (χ4v) is 4.38. The largest absolute Gasteiger partial charge is 0.368 e. The van der Waals surface area contributed by atoms with Crippen LogP contribution in [-0.4, -0.2) is 59.1 Å². The number of nitrogens with zero attached hydrogens (tertiary/aromatic N) is 4. The van der Waals surface area contributed by atoms with Gasteiger partial charge in [0.15, 0.2) is 0 Å². The first kappa shape index (κ1) is 22.1. The lowest BCUT2D eigenvalue weighted by Gasteiger charge is -2.37. The minimum atomic E-state index is -0.571. The van der Waals surface area contributed by atoms with Crippen LogP contribution in [0.1, 0.15) is 48.4 Å². The third kappa shape index (κ3) is 4.66. The highest BCUT2D eigenvalue weighted by molar-refractivity contribution is 5.97. The zero-order chi connectivity index (χ0) is 23.5. The van der Waals surface area contributed by atoms with Gasteiger partial charge in [0, 0.05) is 48.9 Å². The normalized spacial score (nSPS) is 17.2. The van der Waals surface area contributed by atoms with Crippen LogP contribution in [0.25, 0.3) is 11.4 Å². The van der Waals surface area contributed by atoms with Crippen LogP contribution < -0.4 is 10.2 Å². The first-order valence-electron chi connectivity index (χ1n) is 11.9. The predicted octanol–water partition coefficient (Wildman–Crippen LogP) is 3.47. The second-order valence-corrected chi connectivity index (χ2v) is 9.00. The Hall–Kier alpha value is -3.68. The standard InChI is InChI=1S/C26H29N5O3/c1-18(27-24(32)20-6-3-2-4-7-20)26(33)31-16-14-30(15-17-31)22-12-10-19(11-13-22)23-28-25(34-29-23)21-8-5-9-21/h2-4,6-7,10-13,18,21H,5,8-9,14-17H2,1H3,(H,27,32)/t18-/m1/s1. The summed E-state index contributed by atoms with van der Waals surface area (Å²) in [6, 6.07) is 16.5. The summed E-state index contributed by atoms with van der Waals surface area (Å²) in [7, 11) is 0. The Morgan fingerprint density at radius 1 is 1.00 bits per heavy atom. The summed E-state index contributed by atoms with van der Waals surface area (Å²) in [6.45, 7) is 4.43. The lowest BCUT2D eigenvalue weighted by atomic mass is 9.85. The molecule has 1 atom stereocenters. The molecule has 2 amide bonds. The van der Waals surface area contributed by atoms with E-state index in [0.29, 0.717) is 30.4 Å². The highest BCUT2D eigenvalue weighted by Crippen LogP contribution is 2.36. The molecule has 0 spiro atoms. The van der Waals surface area contributed by atoms with Crippen LogP contribution in [-0.2, 0) is 4.79 Å². The van der Waals surface area contributed by atoms with Gasteiger partial charge in [0.2, 0.25) is 17.6 Å². The SMILES string of the molecule is C[C@@H](NC(=O)c1ccccc1)C(=O)N1CCN(c2ccc(-c3noc(C4CCC4)n3)cc2)CC1. The van der Waals surface area contributed by atoms with E-state index in [9.17, 15) is 9.59 Å². The molecule has 1 saturated heterocycles. The van der Waals surface area contributed by atoms with Crippen LogP contribution in [0.4, 0.5) is 5.69 Å². The number of anilines is 1. The van der Waals surface area contributed by atoms with Crippen LogP contribution in [0.2, 0.25) is 0 Å². The Balaban J connectivity index is 1.14. The first-order chi connectivity index (χ1) is 16.6. The molecule has 1 aromatic heterocycles. The summed E-state index contributed by atoms with van der Waals surface area (Å²) < 4.78 is 5.44. The Labute approximate surface area is 198 Å². The van der Waals surface area contributed by atoms with Gasteiger partial charge in [-0.05, 0) is 56.2 Å². The molecule has 1 aliphatic heterocycles. The maximum Gasteiger partial charge on any atom is 0.251 e. The first-order valence-corrected chi connectivity index (χ1v) is 11.9. The molecule has 2 fully saturated rings. The number of hydrogen-bond acceptors (Lipinski definition) is 6. The summed E-state index contributed by atoms with van der Waals surface area (Å²) in [5.41, 5.74) is 2.59. The molecule has 176 valence electrons. The average molecular weight is 460 g/mol. The average Bonchev–Trinajstić information content (AvgIpc) is 3.32. The minimum absolute atomic E-state index is 0.0568. The summed E-state index contributed by atoms with van der Waals surface area (Å²) in [5, 5.41) is 6.95. The molecule has 0 bridgehead atoms. The third-order valence-electron chi connectivity index (χ3n) is 6.73. The van der Waals surface area contributed by atoms with E-state index in [1.54, 1.807) is 19.1 Å². The number of aromatic nitrogens is 2. The molecule has 2 heterocycles. The van der Waals surface area contributed by atoms with Crippen molar-refractivity contribution in [2.75, 3.05) is 31.1 Å². The fourth-order valence-electron chi connectivity index (χ4n) is 4.38. The van der Waals surface area contributed by atoms with E-state index < -0.39 is 6.04 Å². The van der Waals surface area contributed by atoms with Crippen LogP contribution in [0.3, 0.4) is 0 Å². The smallest absolute Gasteiger partial charge is 0.251 e. The number of hydrogen-bond donors (Lipinski definition) is 1. The van der Waals surface area contributed by atoms with Gasteiger partial charge in [-0.25, -0.2) is 0 Å². The molecule has 1 saturated carbocycles. The topological polar surface area (TPSA) is 91.6 Å². The Morgan fingerprint density at radius 3 is 2.35 bits per heavy atom. The number of amides is 2. The van der Waals surface area contributed by atoms with Crippen molar-refractivity contribution in [1.29, 1.82) is 0 Å². The fraction of sp³-hybridized carbons (Fsp3) is 0.385. The van der Waals surface area contributed by atoms with Gasteiger partial charge in [0.1, 0.15) is 6.04 Å². The van der Waals surface area contributed by atoms with Gasteiger partial charge in [0.25, 0.3) is 5.91 Å². The van der Waals surface area contributed by atoms with E-state index in [0.717, 1.165) is 43.1 Å². The maximum absolute atomic E-state index is 12.9. The van der Waals surface area contributed by atoms with Crippen molar-refractivity contribution in [3.8, 4) is 11.4 Å². The summed E-state index contributed by atoms with van der Waals surface area (Å²) in [4.78, 5) is 33.9. The van der Waals surface area contributed by atoms with E-state index in [4.69, 9.17) is 4.52 Å². The van der Waals surface area contributed by atoms with Gasteiger partial charge < -0.3 is 19.6 Å². The highest BCUT2D eigenvalue weighted by atomic mass is 16.5. The molecule has 2 aromatic carbocycles. The van der Waals surface area contributed by atoms with Crippen molar-refractivity contribution in [2.24, 2.45) is 0 Å². The van der Waals surface area contributed by atoms with Crippen molar-refractivity contribution in [3.05, 3.63) is 66.1 Å². The Morgan fingerprint density at radius 2 is 1.71 bits per heavy atom. The molecule has 5 rings (SSSR count). The van der Waals surface area contributed by atoms with E-state index in [2.05, 4.69) is 32.5 Å². The zero-order valence-corrected chi connectivity index (χ0v) is 19.3. The molecule has 8 heteroatoms. The van der Waals surface area contributed by atoms with Gasteiger partial charge in [-0.3, -0.25) is 9.59 Å².